The summed E-state index contributed by atoms with van der Waals surface area (Å²) in [6, 6.07) is 7.77. The van der Waals surface area contributed by atoms with Crippen molar-refractivity contribution in [2.24, 2.45) is 5.73 Å². The van der Waals surface area contributed by atoms with Crippen LogP contribution >= 0.6 is 0 Å². The molecule has 1 aromatic heterocycles. The van der Waals surface area contributed by atoms with Crippen molar-refractivity contribution < 1.29 is 9.53 Å². The summed E-state index contributed by atoms with van der Waals surface area (Å²) >= 11 is 0. The molecule has 3 N–H and O–H groups in total. The number of anilines is 1. The van der Waals surface area contributed by atoms with E-state index in [0.29, 0.717) is 6.54 Å². The Balaban J connectivity index is 1.44. The molecule has 138 valence electrons. The number of rotatable bonds is 4. The SMILES string of the molecule is NC[C@H]1CC[C@@H](C(=O)Nc2ccc(-c3nnc4n3CCCCC4)cc2)O1. The van der Waals surface area contributed by atoms with Crippen LogP contribution in [-0.4, -0.2) is 39.4 Å². The van der Waals surface area contributed by atoms with Gasteiger partial charge in [0.25, 0.3) is 5.91 Å². The quantitative estimate of drug-likeness (QED) is 0.876. The number of benzene rings is 1. The number of carbonyl (C=O) groups is 1. The summed E-state index contributed by atoms with van der Waals surface area (Å²) in [5.74, 6) is 1.87. The van der Waals surface area contributed by atoms with E-state index in [0.717, 1.165) is 55.1 Å². The highest BCUT2D eigenvalue weighted by Gasteiger charge is 2.29. The molecule has 1 fully saturated rings. The van der Waals surface area contributed by atoms with Crippen LogP contribution in [0.2, 0.25) is 0 Å². The second kappa shape index (κ2) is 7.55. The molecule has 1 aromatic carbocycles. The van der Waals surface area contributed by atoms with Gasteiger partial charge in [0, 0.05) is 30.8 Å². The van der Waals surface area contributed by atoms with Crippen LogP contribution in [0.4, 0.5) is 5.69 Å². The van der Waals surface area contributed by atoms with E-state index in [9.17, 15) is 4.79 Å². The van der Waals surface area contributed by atoms with Crippen LogP contribution in [0.5, 0.6) is 0 Å². The number of nitrogens with one attached hydrogen (secondary N) is 1. The zero-order valence-corrected chi connectivity index (χ0v) is 14.9. The van der Waals surface area contributed by atoms with Crippen LogP contribution < -0.4 is 11.1 Å². The van der Waals surface area contributed by atoms with Crippen LogP contribution in [0.3, 0.4) is 0 Å². The fourth-order valence-electron chi connectivity index (χ4n) is 3.70. The van der Waals surface area contributed by atoms with E-state index >= 15 is 0 Å². The lowest BCUT2D eigenvalue weighted by molar-refractivity contribution is -0.126. The van der Waals surface area contributed by atoms with Crippen LogP contribution in [0.25, 0.3) is 11.4 Å². The number of ether oxygens (including phenoxy) is 1. The normalized spacial score (nSPS) is 22.7. The minimum atomic E-state index is -0.407. The van der Waals surface area contributed by atoms with Crippen LogP contribution in [0.1, 0.15) is 37.9 Å². The number of fused-ring (bicyclic) bond motifs is 1. The fourth-order valence-corrected chi connectivity index (χ4v) is 3.70. The second-order valence-electron chi connectivity index (χ2n) is 7.03. The first-order valence-electron chi connectivity index (χ1n) is 9.43. The summed E-state index contributed by atoms with van der Waals surface area (Å²) in [6.45, 7) is 1.43. The highest BCUT2D eigenvalue weighted by molar-refractivity contribution is 5.94. The topological polar surface area (TPSA) is 95.1 Å². The number of amides is 1. The molecule has 26 heavy (non-hydrogen) atoms. The molecule has 4 rings (SSSR count). The molecule has 0 saturated carbocycles. The zero-order chi connectivity index (χ0) is 17.9. The van der Waals surface area contributed by atoms with Crippen molar-refractivity contribution in [1.29, 1.82) is 0 Å². The Morgan fingerprint density at radius 1 is 1.19 bits per heavy atom. The van der Waals surface area contributed by atoms with E-state index in [2.05, 4.69) is 20.1 Å². The summed E-state index contributed by atoms with van der Waals surface area (Å²) in [7, 11) is 0. The Hall–Kier alpha value is -2.25. The average Bonchev–Trinajstić information content (AvgIpc) is 3.24. The molecule has 2 aromatic rings. The van der Waals surface area contributed by atoms with Crippen molar-refractivity contribution in [2.75, 3.05) is 11.9 Å². The van der Waals surface area contributed by atoms with E-state index in [-0.39, 0.29) is 12.0 Å². The van der Waals surface area contributed by atoms with E-state index in [1.165, 1.54) is 12.8 Å². The number of hydrogen-bond donors (Lipinski definition) is 2. The van der Waals surface area contributed by atoms with Crippen molar-refractivity contribution in [3.05, 3.63) is 30.1 Å². The molecule has 0 radical (unpaired) electrons. The third-order valence-electron chi connectivity index (χ3n) is 5.18. The lowest BCUT2D eigenvalue weighted by Gasteiger charge is -2.13. The smallest absolute Gasteiger partial charge is 0.253 e. The maximum Gasteiger partial charge on any atom is 0.253 e. The maximum atomic E-state index is 12.3. The fraction of sp³-hybridized carbons (Fsp3) is 0.526. The van der Waals surface area contributed by atoms with Gasteiger partial charge in [-0.3, -0.25) is 4.79 Å². The number of aryl methyl sites for hydroxylation is 1. The van der Waals surface area contributed by atoms with Crippen molar-refractivity contribution in [3.8, 4) is 11.4 Å². The van der Waals surface area contributed by atoms with Crippen molar-refractivity contribution >= 4 is 11.6 Å². The van der Waals surface area contributed by atoms with E-state index in [4.69, 9.17) is 10.5 Å². The van der Waals surface area contributed by atoms with Crippen molar-refractivity contribution in [3.63, 3.8) is 0 Å². The molecule has 0 unspecified atom stereocenters. The number of nitrogens with zero attached hydrogens (tertiary/aromatic N) is 3. The predicted molar refractivity (Wildman–Crippen MR) is 98.6 cm³/mol. The van der Waals surface area contributed by atoms with Gasteiger partial charge in [0.2, 0.25) is 0 Å². The molecule has 3 heterocycles. The standard InChI is InChI=1S/C19H25N5O2/c20-12-15-9-10-16(26-15)19(25)21-14-7-5-13(6-8-14)18-23-22-17-4-2-1-3-11-24(17)18/h5-8,15-16H,1-4,9-12,20H2,(H,21,25)/t15-,16+/m1/s1. The van der Waals surface area contributed by atoms with E-state index in [1.54, 1.807) is 0 Å². The third kappa shape index (κ3) is 3.50. The highest BCUT2D eigenvalue weighted by atomic mass is 16.5. The molecule has 7 nitrogen and oxygen atoms in total. The molecule has 1 saturated heterocycles. The van der Waals surface area contributed by atoms with Crippen molar-refractivity contribution in [2.45, 2.75) is 57.3 Å². The summed E-state index contributed by atoms with van der Waals surface area (Å²) < 4.78 is 7.86. The summed E-state index contributed by atoms with van der Waals surface area (Å²) in [5, 5.41) is 11.6. The van der Waals surface area contributed by atoms with Gasteiger partial charge in [-0.1, -0.05) is 6.42 Å². The molecule has 2 aliphatic rings. The maximum absolute atomic E-state index is 12.3. The minimum Gasteiger partial charge on any atom is -0.364 e. The molecular formula is C19H25N5O2. The van der Waals surface area contributed by atoms with Crippen LogP contribution in [0.15, 0.2) is 24.3 Å². The number of aromatic nitrogens is 3. The van der Waals surface area contributed by atoms with Gasteiger partial charge in [0.05, 0.1) is 6.10 Å². The average molecular weight is 355 g/mol. The Morgan fingerprint density at radius 2 is 2.04 bits per heavy atom. The third-order valence-corrected chi connectivity index (χ3v) is 5.18. The molecule has 2 aliphatic heterocycles. The van der Waals surface area contributed by atoms with Crippen LogP contribution in [-0.2, 0) is 22.5 Å². The lowest BCUT2D eigenvalue weighted by atomic mass is 10.1. The first kappa shape index (κ1) is 17.2. The van der Waals surface area contributed by atoms with Gasteiger partial charge in [-0.05, 0) is 49.9 Å². The lowest BCUT2D eigenvalue weighted by Crippen LogP contribution is -2.29. The molecule has 1 amide bonds. The van der Waals surface area contributed by atoms with Crippen LogP contribution in [0, 0.1) is 0 Å². The van der Waals surface area contributed by atoms with Gasteiger partial charge >= 0.3 is 0 Å². The molecule has 0 bridgehead atoms. The largest absolute Gasteiger partial charge is 0.364 e. The number of carbonyl (C=O) groups excluding carboxylic acids is 1. The Kier molecular flexibility index (Phi) is 4.99. The molecule has 0 spiro atoms. The molecule has 7 heteroatoms. The van der Waals surface area contributed by atoms with E-state index in [1.807, 2.05) is 24.3 Å². The Morgan fingerprint density at radius 3 is 2.81 bits per heavy atom. The summed E-state index contributed by atoms with van der Waals surface area (Å²) in [4.78, 5) is 12.3. The summed E-state index contributed by atoms with van der Waals surface area (Å²) in [5.41, 5.74) is 7.38. The van der Waals surface area contributed by atoms with Gasteiger partial charge < -0.3 is 20.4 Å². The summed E-state index contributed by atoms with van der Waals surface area (Å²) in [6.07, 6.45) is 5.72. The van der Waals surface area contributed by atoms with Gasteiger partial charge in [-0.15, -0.1) is 10.2 Å². The Bertz CT molecular complexity index is 771. The zero-order valence-electron chi connectivity index (χ0n) is 14.9. The Labute approximate surface area is 152 Å². The van der Waals surface area contributed by atoms with Gasteiger partial charge in [-0.25, -0.2) is 0 Å². The van der Waals surface area contributed by atoms with Gasteiger partial charge in [0.15, 0.2) is 5.82 Å². The molecule has 0 aliphatic carbocycles. The van der Waals surface area contributed by atoms with Gasteiger partial charge in [-0.2, -0.15) is 0 Å². The first-order valence-corrected chi connectivity index (χ1v) is 9.43. The molecule has 2 atom stereocenters. The number of hydrogen-bond acceptors (Lipinski definition) is 5. The van der Waals surface area contributed by atoms with Gasteiger partial charge in [0.1, 0.15) is 11.9 Å². The highest BCUT2D eigenvalue weighted by Crippen LogP contribution is 2.25. The number of nitrogens with two attached hydrogens (primary N) is 1. The monoisotopic (exact) mass is 355 g/mol. The second-order valence-corrected chi connectivity index (χ2v) is 7.03. The van der Waals surface area contributed by atoms with E-state index < -0.39 is 6.10 Å². The minimum absolute atomic E-state index is 0.00340. The van der Waals surface area contributed by atoms with Crippen molar-refractivity contribution in [1.82, 2.24) is 14.8 Å². The predicted octanol–water partition coefficient (Wildman–Crippen LogP) is 2.12. The molecular weight excluding hydrogens is 330 g/mol. The first-order chi connectivity index (χ1) is 12.7.